The highest BCUT2D eigenvalue weighted by molar-refractivity contribution is 6.05. The molecule has 0 fully saturated rings. The predicted molar refractivity (Wildman–Crippen MR) is 99.4 cm³/mol. The van der Waals surface area contributed by atoms with Gasteiger partial charge in [-0.1, -0.05) is 48.0 Å². The van der Waals surface area contributed by atoms with Crippen LogP contribution in [0.5, 0.6) is 0 Å². The third-order valence-corrected chi connectivity index (χ3v) is 3.80. The Hall–Kier alpha value is -2.62. The summed E-state index contributed by atoms with van der Waals surface area (Å²) in [6.07, 6.45) is 3.19. The zero-order chi connectivity index (χ0) is 17.2. The molecule has 2 N–H and O–H groups in total. The van der Waals surface area contributed by atoms with Crippen molar-refractivity contribution in [3.8, 4) is 0 Å². The third-order valence-electron chi connectivity index (χ3n) is 3.80. The smallest absolute Gasteiger partial charge is 0.257 e. The van der Waals surface area contributed by atoms with Gasteiger partial charge in [-0.2, -0.15) is 0 Å². The van der Waals surface area contributed by atoms with E-state index in [0.29, 0.717) is 11.5 Å². The van der Waals surface area contributed by atoms with Crippen LogP contribution in [0.25, 0.3) is 0 Å². The van der Waals surface area contributed by atoms with Gasteiger partial charge in [-0.15, -0.1) is 0 Å². The Balaban J connectivity index is 1.70. The van der Waals surface area contributed by atoms with Crippen molar-refractivity contribution in [3.63, 3.8) is 0 Å². The first kappa shape index (κ1) is 17.7. The fraction of sp³-hybridized carbons (Fsp3) is 0.300. The Morgan fingerprint density at radius 2 is 1.71 bits per heavy atom. The number of carbonyl (C=O) groups excluding carboxylic acids is 1. The summed E-state index contributed by atoms with van der Waals surface area (Å²) in [5.74, 6) is 0.368. The Bertz CT molecular complexity index is 663. The molecule has 0 saturated carbocycles. The number of rotatable bonds is 6. The minimum absolute atomic E-state index is 0.146. The lowest BCUT2D eigenvalue weighted by molar-refractivity contribution is 0.0976. The van der Waals surface area contributed by atoms with Crippen LogP contribution in [0.15, 0.2) is 59.6 Å². The van der Waals surface area contributed by atoms with E-state index in [1.165, 1.54) is 5.56 Å². The zero-order valence-electron chi connectivity index (χ0n) is 14.4. The van der Waals surface area contributed by atoms with Crippen molar-refractivity contribution < 1.29 is 4.79 Å². The van der Waals surface area contributed by atoms with Crippen LogP contribution >= 0.6 is 0 Å². The molecule has 0 aromatic heterocycles. The van der Waals surface area contributed by atoms with Gasteiger partial charge < -0.3 is 5.32 Å². The van der Waals surface area contributed by atoms with Gasteiger partial charge in [-0.05, 0) is 43.9 Å². The molecule has 126 valence electrons. The first-order valence-electron chi connectivity index (χ1n) is 8.31. The molecule has 0 atom stereocenters. The molecule has 4 heteroatoms. The van der Waals surface area contributed by atoms with Crippen LogP contribution in [0.1, 0.15) is 34.3 Å². The molecule has 4 nitrogen and oxygen atoms in total. The number of aryl methyl sites for hydroxylation is 2. The molecule has 0 radical (unpaired) electrons. The summed E-state index contributed by atoms with van der Waals surface area (Å²) in [4.78, 5) is 16.3. The zero-order valence-corrected chi connectivity index (χ0v) is 14.4. The van der Waals surface area contributed by atoms with E-state index in [1.807, 2.05) is 37.3 Å². The molecule has 2 rings (SSSR count). The number of hydrogen-bond donors (Lipinski definition) is 2. The quantitative estimate of drug-likeness (QED) is 0.487. The van der Waals surface area contributed by atoms with E-state index in [0.717, 1.165) is 31.4 Å². The fourth-order valence-corrected chi connectivity index (χ4v) is 2.37. The van der Waals surface area contributed by atoms with Crippen LogP contribution in [0.4, 0.5) is 0 Å². The Morgan fingerprint density at radius 1 is 1.00 bits per heavy atom. The van der Waals surface area contributed by atoms with Crippen LogP contribution < -0.4 is 10.6 Å². The number of hydrogen-bond acceptors (Lipinski definition) is 2. The number of unbranched alkanes of at least 4 members (excludes halogenated alkanes) is 1. The second-order valence-corrected chi connectivity index (χ2v) is 5.76. The van der Waals surface area contributed by atoms with Gasteiger partial charge >= 0.3 is 0 Å². The molecular formula is C20H25N3O. The summed E-state index contributed by atoms with van der Waals surface area (Å²) in [7, 11) is 1.67. The molecule has 2 aromatic rings. The molecule has 0 heterocycles. The van der Waals surface area contributed by atoms with Gasteiger partial charge in [-0.3, -0.25) is 15.1 Å². The average molecular weight is 323 g/mol. The SMILES string of the molecule is C/N=C(/NCCCCc1ccccc1)NC(=O)c1ccc(C)cc1. The first-order valence-corrected chi connectivity index (χ1v) is 8.31. The summed E-state index contributed by atoms with van der Waals surface area (Å²) in [6, 6.07) is 17.9. The van der Waals surface area contributed by atoms with Crippen LogP contribution in [-0.2, 0) is 6.42 Å². The fourth-order valence-electron chi connectivity index (χ4n) is 2.37. The Morgan fingerprint density at radius 3 is 2.38 bits per heavy atom. The van der Waals surface area contributed by atoms with Gasteiger partial charge in [0, 0.05) is 19.2 Å². The molecule has 0 saturated heterocycles. The van der Waals surface area contributed by atoms with Crippen molar-refractivity contribution >= 4 is 11.9 Å². The van der Waals surface area contributed by atoms with Gasteiger partial charge in [0.15, 0.2) is 5.96 Å². The van der Waals surface area contributed by atoms with Gasteiger partial charge in [0.1, 0.15) is 0 Å². The standard InChI is InChI=1S/C20H25N3O/c1-16-11-13-18(14-12-16)19(24)23-20(21-2)22-15-7-6-10-17-8-4-3-5-9-17/h3-5,8-9,11-14H,6-7,10,15H2,1-2H3,(H2,21,22,23,24). The monoisotopic (exact) mass is 323 g/mol. The normalized spacial score (nSPS) is 11.2. The van der Waals surface area contributed by atoms with Gasteiger partial charge in [0.05, 0.1) is 0 Å². The van der Waals surface area contributed by atoms with Gasteiger partial charge in [-0.25, -0.2) is 0 Å². The summed E-state index contributed by atoms with van der Waals surface area (Å²) in [5.41, 5.74) is 3.12. The molecule has 0 aliphatic carbocycles. The van der Waals surface area contributed by atoms with E-state index in [2.05, 4.69) is 39.9 Å². The van der Waals surface area contributed by atoms with E-state index < -0.39 is 0 Å². The number of carbonyl (C=O) groups is 1. The topological polar surface area (TPSA) is 53.5 Å². The van der Waals surface area contributed by atoms with Crippen LogP contribution in [0.3, 0.4) is 0 Å². The van der Waals surface area contributed by atoms with Gasteiger partial charge in [0.25, 0.3) is 5.91 Å². The number of amides is 1. The lowest BCUT2D eigenvalue weighted by Gasteiger charge is -2.11. The molecule has 0 unspecified atom stereocenters. The maximum atomic E-state index is 12.2. The van der Waals surface area contributed by atoms with Crippen LogP contribution in [0, 0.1) is 6.92 Å². The maximum Gasteiger partial charge on any atom is 0.257 e. The van der Waals surface area contributed by atoms with E-state index >= 15 is 0 Å². The molecule has 0 aliphatic heterocycles. The molecule has 0 spiro atoms. The largest absolute Gasteiger partial charge is 0.356 e. The first-order chi connectivity index (χ1) is 11.7. The number of nitrogens with zero attached hydrogens (tertiary/aromatic N) is 1. The highest BCUT2D eigenvalue weighted by Gasteiger charge is 2.07. The predicted octanol–water partition coefficient (Wildman–Crippen LogP) is 3.32. The van der Waals surface area contributed by atoms with E-state index in [-0.39, 0.29) is 5.91 Å². The summed E-state index contributed by atoms with van der Waals surface area (Å²) < 4.78 is 0. The lowest BCUT2D eigenvalue weighted by Crippen LogP contribution is -2.41. The molecule has 0 bridgehead atoms. The van der Waals surface area contributed by atoms with E-state index in [9.17, 15) is 4.79 Å². The minimum atomic E-state index is -0.146. The Labute approximate surface area is 144 Å². The molecule has 0 aliphatic rings. The van der Waals surface area contributed by atoms with Crippen molar-refractivity contribution in [3.05, 3.63) is 71.3 Å². The number of aliphatic imine (C=N–C) groups is 1. The number of guanidine groups is 1. The second kappa shape index (κ2) is 9.50. The van der Waals surface area contributed by atoms with Crippen LogP contribution in [0.2, 0.25) is 0 Å². The minimum Gasteiger partial charge on any atom is -0.356 e. The summed E-state index contributed by atoms with van der Waals surface area (Å²) in [5, 5.41) is 6.00. The van der Waals surface area contributed by atoms with Gasteiger partial charge in [0.2, 0.25) is 0 Å². The highest BCUT2D eigenvalue weighted by atomic mass is 16.1. The molecular weight excluding hydrogens is 298 g/mol. The highest BCUT2D eigenvalue weighted by Crippen LogP contribution is 2.04. The van der Waals surface area contributed by atoms with E-state index in [1.54, 1.807) is 7.05 Å². The van der Waals surface area contributed by atoms with E-state index in [4.69, 9.17) is 0 Å². The number of nitrogens with one attached hydrogen (secondary N) is 2. The summed E-state index contributed by atoms with van der Waals surface area (Å²) >= 11 is 0. The Kier molecular flexibility index (Phi) is 7.02. The maximum absolute atomic E-state index is 12.2. The lowest BCUT2D eigenvalue weighted by atomic mass is 10.1. The molecule has 1 amide bonds. The number of benzene rings is 2. The van der Waals surface area contributed by atoms with Crippen molar-refractivity contribution in [2.45, 2.75) is 26.2 Å². The van der Waals surface area contributed by atoms with Crippen molar-refractivity contribution in [1.82, 2.24) is 10.6 Å². The van der Waals surface area contributed by atoms with Crippen molar-refractivity contribution in [2.75, 3.05) is 13.6 Å². The third kappa shape index (κ3) is 5.88. The molecule has 24 heavy (non-hydrogen) atoms. The summed E-state index contributed by atoms with van der Waals surface area (Å²) in [6.45, 7) is 2.78. The molecule has 2 aromatic carbocycles. The van der Waals surface area contributed by atoms with Crippen molar-refractivity contribution in [1.29, 1.82) is 0 Å². The van der Waals surface area contributed by atoms with Crippen LogP contribution in [-0.4, -0.2) is 25.5 Å². The van der Waals surface area contributed by atoms with Crippen molar-refractivity contribution in [2.24, 2.45) is 4.99 Å². The second-order valence-electron chi connectivity index (χ2n) is 5.76. The average Bonchev–Trinajstić information content (AvgIpc) is 2.61.